The smallest absolute Gasteiger partial charge is 0.342 e. The summed E-state index contributed by atoms with van der Waals surface area (Å²) in [7, 11) is 0. The molecular weight excluding hydrogens is 312 g/mol. The lowest BCUT2D eigenvalue weighted by Crippen LogP contribution is -2.03. The molecule has 1 aliphatic rings. The lowest BCUT2D eigenvalue weighted by Gasteiger charge is -1.97. The predicted molar refractivity (Wildman–Crippen MR) is 94.5 cm³/mol. The molecule has 1 heterocycles. The standard InChI is InChI=1S/C19H17ClO3/c1-14-18(21)13-16(23-19(14)22)11-7-5-3-2-4-6-9-15-10-8-12-17(15)20/h2-9,11-13,21H,10H2,1H3/b4-2+,5-3+,9-6+,11-7+. The highest BCUT2D eigenvalue weighted by Gasteiger charge is 2.03. The average molecular weight is 329 g/mol. The molecule has 3 nitrogen and oxygen atoms in total. The lowest BCUT2D eigenvalue weighted by atomic mass is 10.2. The number of rotatable bonds is 5. The molecule has 0 spiro atoms. The highest BCUT2D eigenvalue weighted by atomic mass is 35.5. The summed E-state index contributed by atoms with van der Waals surface area (Å²) in [6.07, 6.45) is 19.4. The molecule has 23 heavy (non-hydrogen) atoms. The van der Waals surface area contributed by atoms with Gasteiger partial charge in [-0.1, -0.05) is 60.2 Å². The van der Waals surface area contributed by atoms with Gasteiger partial charge in [-0.25, -0.2) is 4.79 Å². The zero-order chi connectivity index (χ0) is 16.7. The zero-order valence-electron chi connectivity index (χ0n) is 12.7. The van der Waals surface area contributed by atoms with Crippen molar-refractivity contribution in [3.05, 3.63) is 93.1 Å². The first-order valence-corrected chi connectivity index (χ1v) is 7.52. The van der Waals surface area contributed by atoms with Crippen LogP contribution in [0.3, 0.4) is 0 Å². The van der Waals surface area contributed by atoms with Gasteiger partial charge in [-0.15, -0.1) is 0 Å². The van der Waals surface area contributed by atoms with Crippen molar-refractivity contribution in [3.8, 4) is 5.75 Å². The molecule has 0 saturated heterocycles. The summed E-state index contributed by atoms with van der Waals surface area (Å²) in [6.45, 7) is 1.51. The van der Waals surface area contributed by atoms with Crippen molar-refractivity contribution in [2.45, 2.75) is 13.3 Å². The highest BCUT2D eigenvalue weighted by Crippen LogP contribution is 2.22. The molecule has 0 bridgehead atoms. The van der Waals surface area contributed by atoms with E-state index in [4.69, 9.17) is 16.0 Å². The first-order valence-electron chi connectivity index (χ1n) is 7.15. The van der Waals surface area contributed by atoms with Gasteiger partial charge in [0.25, 0.3) is 0 Å². The molecule has 2 rings (SSSR count). The van der Waals surface area contributed by atoms with Gasteiger partial charge in [0.1, 0.15) is 11.5 Å². The minimum absolute atomic E-state index is 0.0655. The maximum absolute atomic E-state index is 11.4. The van der Waals surface area contributed by atoms with Crippen molar-refractivity contribution < 1.29 is 9.52 Å². The van der Waals surface area contributed by atoms with Crippen LogP contribution < -0.4 is 5.63 Å². The molecule has 0 amide bonds. The average Bonchev–Trinajstić information content (AvgIpc) is 2.92. The van der Waals surface area contributed by atoms with Crippen LogP contribution in [0.15, 0.2) is 80.6 Å². The summed E-state index contributed by atoms with van der Waals surface area (Å²) < 4.78 is 5.01. The number of allylic oxidation sites excluding steroid dienone is 11. The van der Waals surface area contributed by atoms with E-state index in [0.717, 1.165) is 17.0 Å². The number of aromatic hydroxyl groups is 1. The molecule has 1 aromatic heterocycles. The van der Waals surface area contributed by atoms with E-state index in [1.54, 1.807) is 18.2 Å². The summed E-state index contributed by atoms with van der Waals surface area (Å²) in [5.41, 5.74) is 0.780. The van der Waals surface area contributed by atoms with Gasteiger partial charge in [0.05, 0.1) is 5.56 Å². The van der Waals surface area contributed by atoms with Crippen molar-refractivity contribution in [3.63, 3.8) is 0 Å². The Kier molecular flexibility index (Phi) is 6.01. The Labute approximate surface area is 139 Å². The fraction of sp³-hybridized carbons (Fsp3) is 0.105. The van der Waals surface area contributed by atoms with Gasteiger partial charge in [-0.05, 0) is 31.1 Å². The second kappa shape index (κ2) is 8.20. The molecule has 0 fully saturated rings. The molecule has 0 aromatic carbocycles. The zero-order valence-corrected chi connectivity index (χ0v) is 13.5. The Morgan fingerprint density at radius 2 is 1.78 bits per heavy atom. The fourth-order valence-corrected chi connectivity index (χ4v) is 2.09. The minimum atomic E-state index is -0.534. The fourth-order valence-electron chi connectivity index (χ4n) is 1.86. The van der Waals surface area contributed by atoms with Crippen LogP contribution in [-0.4, -0.2) is 5.11 Å². The van der Waals surface area contributed by atoms with E-state index in [0.29, 0.717) is 5.76 Å². The van der Waals surface area contributed by atoms with Crippen molar-refractivity contribution >= 4 is 17.7 Å². The Bertz CT molecular complexity index is 802. The van der Waals surface area contributed by atoms with Crippen LogP contribution in [0.2, 0.25) is 0 Å². The van der Waals surface area contributed by atoms with Crippen LogP contribution >= 0.6 is 11.6 Å². The predicted octanol–water partition coefficient (Wildman–Crippen LogP) is 4.79. The number of halogens is 1. The monoisotopic (exact) mass is 328 g/mol. The van der Waals surface area contributed by atoms with Crippen molar-refractivity contribution in [1.82, 2.24) is 0 Å². The summed E-state index contributed by atoms with van der Waals surface area (Å²) in [6, 6.07) is 1.41. The second-order valence-corrected chi connectivity index (χ2v) is 5.32. The molecule has 1 aliphatic carbocycles. The van der Waals surface area contributed by atoms with Gasteiger partial charge in [0.2, 0.25) is 0 Å². The van der Waals surface area contributed by atoms with E-state index in [-0.39, 0.29) is 11.3 Å². The van der Waals surface area contributed by atoms with Crippen LogP contribution in [0.1, 0.15) is 17.7 Å². The van der Waals surface area contributed by atoms with Gasteiger partial charge in [-0.3, -0.25) is 0 Å². The van der Waals surface area contributed by atoms with Gasteiger partial charge in [-0.2, -0.15) is 0 Å². The summed E-state index contributed by atoms with van der Waals surface area (Å²) in [5.74, 6) is 0.242. The van der Waals surface area contributed by atoms with Crippen LogP contribution in [0.25, 0.3) is 6.08 Å². The Morgan fingerprint density at radius 1 is 1.13 bits per heavy atom. The van der Waals surface area contributed by atoms with E-state index in [1.807, 2.05) is 42.5 Å². The molecule has 0 aliphatic heterocycles. The molecule has 1 aromatic rings. The van der Waals surface area contributed by atoms with Crippen molar-refractivity contribution in [1.29, 1.82) is 0 Å². The molecule has 0 unspecified atom stereocenters. The number of hydrogen-bond acceptors (Lipinski definition) is 3. The van der Waals surface area contributed by atoms with Crippen LogP contribution in [-0.2, 0) is 0 Å². The van der Waals surface area contributed by atoms with Gasteiger partial charge < -0.3 is 9.52 Å². The summed E-state index contributed by atoms with van der Waals surface area (Å²) in [4.78, 5) is 11.4. The van der Waals surface area contributed by atoms with Crippen LogP contribution in [0, 0.1) is 6.92 Å². The van der Waals surface area contributed by atoms with E-state index in [1.165, 1.54) is 13.0 Å². The Hall–Kier alpha value is -2.52. The molecular formula is C19H17ClO3. The van der Waals surface area contributed by atoms with E-state index in [9.17, 15) is 9.90 Å². The minimum Gasteiger partial charge on any atom is -0.507 e. The first-order chi connectivity index (χ1) is 11.1. The maximum Gasteiger partial charge on any atom is 0.342 e. The maximum atomic E-state index is 11.4. The van der Waals surface area contributed by atoms with E-state index in [2.05, 4.69) is 0 Å². The first kappa shape index (κ1) is 16.8. The molecule has 0 radical (unpaired) electrons. The quantitative estimate of drug-likeness (QED) is 0.791. The van der Waals surface area contributed by atoms with Gasteiger partial charge in [0.15, 0.2) is 0 Å². The number of hydrogen-bond donors (Lipinski definition) is 1. The third kappa shape index (κ3) is 5.01. The molecule has 118 valence electrons. The molecule has 0 saturated carbocycles. The Balaban J connectivity index is 1.87. The van der Waals surface area contributed by atoms with Crippen LogP contribution in [0.5, 0.6) is 5.75 Å². The summed E-state index contributed by atoms with van der Waals surface area (Å²) >= 11 is 6.00. The second-order valence-electron chi connectivity index (χ2n) is 4.91. The topological polar surface area (TPSA) is 50.4 Å². The lowest BCUT2D eigenvalue weighted by molar-refractivity contribution is 0.436. The molecule has 4 heteroatoms. The van der Waals surface area contributed by atoms with Gasteiger partial charge in [0, 0.05) is 11.1 Å². The molecule has 1 N–H and O–H groups in total. The largest absolute Gasteiger partial charge is 0.507 e. The third-order valence-corrected chi connectivity index (χ3v) is 3.57. The normalized spacial score (nSPS) is 15.4. The van der Waals surface area contributed by atoms with Gasteiger partial charge >= 0.3 is 5.63 Å². The highest BCUT2D eigenvalue weighted by molar-refractivity contribution is 6.32. The SMILES string of the molecule is Cc1c(O)cc(/C=C/C=C/C=C/C=C/C2=C(Cl)C=CC2)oc1=O. The summed E-state index contributed by atoms with van der Waals surface area (Å²) in [5, 5.41) is 10.3. The Morgan fingerprint density at radius 3 is 2.39 bits per heavy atom. The van der Waals surface area contributed by atoms with E-state index >= 15 is 0 Å². The third-order valence-electron chi connectivity index (χ3n) is 3.20. The van der Waals surface area contributed by atoms with Crippen LogP contribution in [0.4, 0.5) is 0 Å². The van der Waals surface area contributed by atoms with Crippen molar-refractivity contribution in [2.75, 3.05) is 0 Å². The van der Waals surface area contributed by atoms with E-state index < -0.39 is 5.63 Å². The van der Waals surface area contributed by atoms with Crippen molar-refractivity contribution in [2.24, 2.45) is 0 Å². The molecule has 0 atom stereocenters.